The number of benzene rings is 1. The number of aromatic nitrogens is 2. The smallest absolute Gasteiger partial charge is 0.243 e. The molecule has 26 heavy (non-hydrogen) atoms. The number of nitrogens with one attached hydrogen (secondary N) is 3. The number of nitrogens with zero attached hydrogens (tertiary/aromatic N) is 1. The molecule has 3 rings (SSSR count). The second kappa shape index (κ2) is 7.82. The van der Waals surface area contributed by atoms with Crippen LogP contribution in [0.2, 0.25) is 0 Å². The normalized spacial score (nSPS) is 13.2. The first kappa shape index (κ1) is 17.7. The molecule has 0 spiro atoms. The van der Waals surface area contributed by atoms with Crippen molar-refractivity contribution in [2.75, 3.05) is 0 Å². The van der Waals surface area contributed by atoms with E-state index in [0.29, 0.717) is 6.42 Å². The summed E-state index contributed by atoms with van der Waals surface area (Å²) in [5.41, 5.74) is 2.76. The Labute approximate surface area is 152 Å². The van der Waals surface area contributed by atoms with Crippen molar-refractivity contribution in [1.29, 1.82) is 0 Å². The number of amides is 2. The quantitative estimate of drug-likeness (QED) is 0.638. The topological polar surface area (TPSA) is 86.9 Å². The van der Waals surface area contributed by atoms with E-state index in [-0.39, 0.29) is 17.9 Å². The van der Waals surface area contributed by atoms with Crippen molar-refractivity contribution in [2.24, 2.45) is 0 Å². The number of hydrogen-bond donors (Lipinski definition) is 3. The minimum Gasteiger partial charge on any atom is -0.361 e. The summed E-state index contributed by atoms with van der Waals surface area (Å²) in [4.78, 5) is 31.8. The number of H-pyrrole nitrogens is 1. The molecule has 2 heterocycles. The van der Waals surface area contributed by atoms with Crippen molar-refractivity contribution in [3.05, 3.63) is 66.1 Å². The number of carbonyl (C=O) groups excluding carboxylic acids is 2. The lowest BCUT2D eigenvalue weighted by Crippen LogP contribution is -2.48. The number of pyridine rings is 1. The second-order valence-corrected chi connectivity index (χ2v) is 6.30. The van der Waals surface area contributed by atoms with Crippen LogP contribution in [0.1, 0.15) is 31.1 Å². The monoisotopic (exact) mass is 350 g/mol. The van der Waals surface area contributed by atoms with E-state index in [0.717, 1.165) is 22.2 Å². The molecule has 0 aliphatic rings. The Kier molecular flexibility index (Phi) is 5.31. The molecule has 2 amide bonds. The van der Waals surface area contributed by atoms with Crippen LogP contribution in [0, 0.1) is 0 Å². The van der Waals surface area contributed by atoms with Gasteiger partial charge in [0.1, 0.15) is 6.04 Å². The fraction of sp³-hybridized carbons (Fsp3) is 0.250. The lowest BCUT2D eigenvalue weighted by Gasteiger charge is -2.20. The average molecular weight is 350 g/mol. The SMILES string of the molecule is CC(=O)N[C@@H](Cc1c[nH]c2ccccc12)C(=O)N[C@@H](C)c1ccccn1. The molecule has 1 aromatic carbocycles. The van der Waals surface area contributed by atoms with Gasteiger partial charge in [0.15, 0.2) is 0 Å². The van der Waals surface area contributed by atoms with E-state index in [4.69, 9.17) is 0 Å². The van der Waals surface area contributed by atoms with E-state index >= 15 is 0 Å². The maximum Gasteiger partial charge on any atom is 0.243 e. The molecule has 0 saturated carbocycles. The van der Waals surface area contributed by atoms with Gasteiger partial charge in [-0.15, -0.1) is 0 Å². The van der Waals surface area contributed by atoms with Gasteiger partial charge in [-0.3, -0.25) is 14.6 Å². The van der Waals surface area contributed by atoms with E-state index in [2.05, 4.69) is 20.6 Å². The summed E-state index contributed by atoms with van der Waals surface area (Å²) in [5, 5.41) is 6.74. The Morgan fingerprint density at radius 3 is 2.62 bits per heavy atom. The predicted octanol–water partition coefficient (Wildman–Crippen LogP) is 2.49. The number of aromatic amines is 1. The minimum absolute atomic E-state index is 0.233. The van der Waals surface area contributed by atoms with Gasteiger partial charge >= 0.3 is 0 Å². The summed E-state index contributed by atoms with van der Waals surface area (Å²) in [6, 6.07) is 12.6. The van der Waals surface area contributed by atoms with Gasteiger partial charge in [-0.05, 0) is 30.7 Å². The molecule has 6 nitrogen and oxygen atoms in total. The Morgan fingerprint density at radius 2 is 1.88 bits per heavy atom. The number of carbonyl (C=O) groups is 2. The summed E-state index contributed by atoms with van der Waals surface area (Å²) in [7, 11) is 0. The standard InChI is InChI=1S/C20H22N4O2/c1-13(17-8-5-6-10-21-17)23-20(26)19(24-14(2)25)11-15-12-22-18-9-4-3-7-16(15)18/h3-10,12-13,19,22H,11H2,1-2H3,(H,23,26)(H,24,25)/t13-,19-/m0/s1. The second-order valence-electron chi connectivity index (χ2n) is 6.30. The lowest BCUT2D eigenvalue weighted by molar-refractivity contribution is -0.128. The average Bonchev–Trinajstić information content (AvgIpc) is 3.04. The van der Waals surface area contributed by atoms with E-state index in [9.17, 15) is 9.59 Å². The molecule has 0 radical (unpaired) electrons. The van der Waals surface area contributed by atoms with E-state index in [1.807, 2.05) is 55.6 Å². The van der Waals surface area contributed by atoms with Crippen molar-refractivity contribution in [1.82, 2.24) is 20.6 Å². The van der Waals surface area contributed by atoms with Crippen molar-refractivity contribution in [3.63, 3.8) is 0 Å². The molecule has 0 aliphatic carbocycles. The lowest BCUT2D eigenvalue weighted by atomic mass is 10.0. The molecule has 0 bridgehead atoms. The van der Waals surface area contributed by atoms with Gasteiger partial charge in [-0.25, -0.2) is 0 Å². The molecule has 0 unspecified atom stereocenters. The van der Waals surface area contributed by atoms with Crippen LogP contribution in [0.25, 0.3) is 10.9 Å². The largest absolute Gasteiger partial charge is 0.361 e. The van der Waals surface area contributed by atoms with Gasteiger partial charge in [0, 0.05) is 36.6 Å². The number of rotatable bonds is 6. The van der Waals surface area contributed by atoms with Crippen LogP contribution in [0.3, 0.4) is 0 Å². The zero-order valence-corrected chi connectivity index (χ0v) is 14.8. The summed E-state index contributed by atoms with van der Waals surface area (Å²) in [6.45, 7) is 3.29. The maximum absolute atomic E-state index is 12.8. The molecule has 3 N–H and O–H groups in total. The Morgan fingerprint density at radius 1 is 1.12 bits per heavy atom. The highest BCUT2D eigenvalue weighted by Crippen LogP contribution is 2.19. The highest BCUT2D eigenvalue weighted by molar-refractivity contribution is 5.89. The number of para-hydroxylation sites is 1. The first-order valence-electron chi connectivity index (χ1n) is 8.58. The van der Waals surface area contributed by atoms with Crippen LogP contribution >= 0.6 is 0 Å². The molecule has 134 valence electrons. The van der Waals surface area contributed by atoms with Gasteiger partial charge in [-0.1, -0.05) is 24.3 Å². The third-order valence-corrected chi connectivity index (χ3v) is 4.28. The van der Waals surface area contributed by atoms with Gasteiger partial charge in [-0.2, -0.15) is 0 Å². The third kappa shape index (κ3) is 4.08. The first-order valence-corrected chi connectivity index (χ1v) is 8.58. The Bertz CT molecular complexity index is 904. The zero-order chi connectivity index (χ0) is 18.5. The fourth-order valence-corrected chi connectivity index (χ4v) is 3.00. The zero-order valence-electron chi connectivity index (χ0n) is 14.8. The van der Waals surface area contributed by atoms with Gasteiger partial charge < -0.3 is 15.6 Å². The molecule has 6 heteroatoms. The fourth-order valence-electron chi connectivity index (χ4n) is 3.00. The van der Waals surface area contributed by atoms with Gasteiger partial charge in [0.05, 0.1) is 11.7 Å². The maximum atomic E-state index is 12.8. The van der Waals surface area contributed by atoms with Crippen LogP contribution in [0.15, 0.2) is 54.9 Å². The van der Waals surface area contributed by atoms with Crippen LogP contribution in [-0.4, -0.2) is 27.8 Å². The van der Waals surface area contributed by atoms with Crippen molar-refractivity contribution >= 4 is 22.7 Å². The van der Waals surface area contributed by atoms with E-state index in [1.165, 1.54) is 6.92 Å². The molecule has 2 atom stereocenters. The number of fused-ring (bicyclic) bond motifs is 1. The minimum atomic E-state index is -0.655. The highest BCUT2D eigenvalue weighted by Gasteiger charge is 2.23. The molecule has 3 aromatic rings. The van der Waals surface area contributed by atoms with Crippen LogP contribution in [-0.2, 0) is 16.0 Å². The van der Waals surface area contributed by atoms with Crippen LogP contribution < -0.4 is 10.6 Å². The molecule has 0 aliphatic heterocycles. The summed E-state index contributed by atoms with van der Waals surface area (Å²) in [6.07, 6.45) is 3.98. The number of hydrogen-bond acceptors (Lipinski definition) is 3. The summed E-state index contributed by atoms with van der Waals surface area (Å²) < 4.78 is 0. The van der Waals surface area contributed by atoms with Crippen LogP contribution in [0.4, 0.5) is 0 Å². The predicted molar refractivity (Wildman–Crippen MR) is 100 cm³/mol. The van der Waals surface area contributed by atoms with E-state index < -0.39 is 6.04 Å². The highest BCUT2D eigenvalue weighted by atomic mass is 16.2. The molecule has 2 aromatic heterocycles. The third-order valence-electron chi connectivity index (χ3n) is 4.28. The van der Waals surface area contributed by atoms with Crippen molar-refractivity contribution in [2.45, 2.75) is 32.4 Å². The molecule has 0 fully saturated rings. The molecule has 0 saturated heterocycles. The molecular formula is C20H22N4O2. The van der Waals surface area contributed by atoms with Crippen molar-refractivity contribution < 1.29 is 9.59 Å². The van der Waals surface area contributed by atoms with Gasteiger partial charge in [0.2, 0.25) is 11.8 Å². The summed E-state index contributed by atoms with van der Waals surface area (Å²) >= 11 is 0. The van der Waals surface area contributed by atoms with Crippen LogP contribution in [0.5, 0.6) is 0 Å². The Hall–Kier alpha value is -3.15. The van der Waals surface area contributed by atoms with Crippen molar-refractivity contribution in [3.8, 4) is 0 Å². The Balaban J connectivity index is 1.77. The molecular weight excluding hydrogens is 328 g/mol. The summed E-state index contributed by atoms with van der Waals surface area (Å²) in [5.74, 6) is -0.473. The van der Waals surface area contributed by atoms with E-state index in [1.54, 1.807) is 6.20 Å². The van der Waals surface area contributed by atoms with Gasteiger partial charge in [0.25, 0.3) is 0 Å². The first-order chi connectivity index (χ1) is 12.5.